The van der Waals surface area contributed by atoms with Crippen LogP contribution in [0.15, 0.2) is 36.5 Å². The van der Waals surface area contributed by atoms with Crippen molar-refractivity contribution >= 4 is 23.1 Å². The van der Waals surface area contributed by atoms with Crippen LogP contribution < -0.4 is 5.32 Å². The lowest BCUT2D eigenvalue weighted by molar-refractivity contribution is -0.384. The van der Waals surface area contributed by atoms with Gasteiger partial charge in [-0.3, -0.25) is 10.1 Å². The summed E-state index contributed by atoms with van der Waals surface area (Å²) in [6, 6.07) is 9.69. The number of nitrogens with zero attached hydrogens (tertiary/aromatic N) is 3. The molecule has 0 spiro atoms. The number of benzene rings is 1. The summed E-state index contributed by atoms with van der Waals surface area (Å²) in [4.78, 5) is 14.3. The number of anilines is 1. The Morgan fingerprint density at radius 2 is 2.26 bits per heavy atom. The van der Waals surface area contributed by atoms with Gasteiger partial charge in [-0.2, -0.15) is 5.26 Å². The molecule has 1 aromatic heterocycles. The van der Waals surface area contributed by atoms with Gasteiger partial charge in [0.1, 0.15) is 17.2 Å². The number of aromatic nitrogens is 1. The summed E-state index contributed by atoms with van der Waals surface area (Å²) in [5, 5.41) is 33.8. The van der Waals surface area contributed by atoms with Crippen LogP contribution in [0.25, 0.3) is 0 Å². The van der Waals surface area contributed by atoms with Crippen molar-refractivity contribution in [2.45, 2.75) is 12.5 Å². The zero-order valence-electron chi connectivity index (χ0n) is 12.2. The molecule has 0 aliphatic carbocycles. The van der Waals surface area contributed by atoms with Crippen molar-refractivity contribution in [3.63, 3.8) is 0 Å². The molecule has 2 N–H and O–H groups in total. The molecule has 0 aliphatic heterocycles. The molecule has 1 atom stereocenters. The molecule has 23 heavy (non-hydrogen) atoms. The van der Waals surface area contributed by atoms with Gasteiger partial charge in [0.25, 0.3) is 0 Å². The van der Waals surface area contributed by atoms with E-state index in [0.717, 1.165) is 0 Å². The molecule has 1 aromatic carbocycles. The highest BCUT2D eigenvalue weighted by Gasteiger charge is 2.26. The molecule has 2 aromatic rings. The van der Waals surface area contributed by atoms with Gasteiger partial charge in [0.2, 0.25) is 5.82 Å². The average Bonchev–Trinajstić information content (AvgIpc) is 2.52. The van der Waals surface area contributed by atoms with Crippen LogP contribution in [0, 0.1) is 21.4 Å². The Kier molecular flexibility index (Phi) is 4.79. The third kappa shape index (κ3) is 3.74. The van der Waals surface area contributed by atoms with Crippen LogP contribution in [-0.4, -0.2) is 21.6 Å². The quantitative estimate of drug-likeness (QED) is 0.643. The average molecular weight is 333 g/mol. The molecule has 0 saturated carbocycles. The van der Waals surface area contributed by atoms with Crippen molar-refractivity contribution in [3.8, 4) is 6.07 Å². The summed E-state index contributed by atoms with van der Waals surface area (Å²) in [7, 11) is 0. The lowest BCUT2D eigenvalue weighted by atomic mass is 9.96. The van der Waals surface area contributed by atoms with Crippen LogP contribution in [0.4, 0.5) is 11.5 Å². The van der Waals surface area contributed by atoms with E-state index in [2.05, 4.69) is 10.3 Å². The monoisotopic (exact) mass is 332 g/mol. The van der Waals surface area contributed by atoms with Gasteiger partial charge in [-0.1, -0.05) is 23.7 Å². The van der Waals surface area contributed by atoms with Crippen molar-refractivity contribution in [1.29, 1.82) is 5.26 Å². The Labute approximate surface area is 137 Å². The van der Waals surface area contributed by atoms with E-state index >= 15 is 0 Å². The van der Waals surface area contributed by atoms with Crippen LogP contribution in [0.5, 0.6) is 0 Å². The minimum atomic E-state index is -1.33. The largest absolute Gasteiger partial charge is 0.384 e. The van der Waals surface area contributed by atoms with Crippen molar-refractivity contribution in [2.75, 3.05) is 11.9 Å². The second-order valence-corrected chi connectivity index (χ2v) is 5.50. The maximum absolute atomic E-state index is 11.1. The number of hydrogen-bond acceptors (Lipinski definition) is 6. The lowest BCUT2D eigenvalue weighted by Crippen LogP contribution is -2.31. The molecule has 8 heteroatoms. The van der Waals surface area contributed by atoms with Crippen molar-refractivity contribution < 1.29 is 10.0 Å². The molecular weight excluding hydrogens is 320 g/mol. The fourth-order valence-electron chi connectivity index (χ4n) is 2.04. The zero-order valence-corrected chi connectivity index (χ0v) is 12.9. The standard InChI is InChI=1S/C15H13ClN4O3/c1-15(21,11-3-2-4-12(16)7-11)9-19-14-13(20(22)23)10(8-17)5-6-18-14/h2-7,21H,9H2,1H3,(H,18,19). The second kappa shape index (κ2) is 6.60. The molecular formula is C15H13ClN4O3. The Balaban J connectivity index is 2.27. The summed E-state index contributed by atoms with van der Waals surface area (Å²) in [6.07, 6.45) is 1.29. The first-order valence-electron chi connectivity index (χ1n) is 6.61. The summed E-state index contributed by atoms with van der Waals surface area (Å²) in [6.45, 7) is 1.50. The molecule has 118 valence electrons. The lowest BCUT2D eigenvalue weighted by Gasteiger charge is -2.24. The van der Waals surface area contributed by atoms with Gasteiger partial charge in [0.05, 0.1) is 4.92 Å². The van der Waals surface area contributed by atoms with Crippen molar-refractivity contribution in [1.82, 2.24) is 4.98 Å². The van der Waals surface area contributed by atoms with E-state index in [0.29, 0.717) is 10.6 Å². The predicted molar refractivity (Wildman–Crippen MR) is 85.1 cm³/mol. The highest BCUT2D eigenvalue weighted by Crippen LogP contribution is 2.28. The summed E-state index contributed by atoms with van der Waals surface area (Å²) < 4.78 is 0. The summed E-state index contributed by atoms with van der Waals surface area (Å²) >= 11 is 5.91. The number of aliphatic hydroxyl groups is 1. The Hall–Kier alpha value is -2.69. The van der Waals surface area contributed by atoms with Gasteiger partial charge in [-0.25, -0.2) is 4.98 Å². The SMILES string of the molecule is CC(O)(CNc1nccc(C#N)c1[N+](=O)[O-])c1cccc(Cl)c1. The smallest absolute Gasteiger partial charge is 0.328 e. The van der Waals surface area contributed by atoms with Crippen LogP contribution in [-0.2, 0) is 5.60 Å². The van der Waals surface area contributed by atoms with E-state index in [1.807, 2.05) is 0 Å². The van der Waals surface area contributed by atoms with E-state index in [-0.39, 0.29) is 17.9 Å². The first-order chi connectivity index (χ1) is 10.8. The maximum Gasteiger partial charge on any atom is 0.328 e. The number of nitriles is 1. The Morgan fingerprint density at radius 1 is 1.52 bits per heavy atom. The number of nitro groups is 1. The molecule has 2 rings (SSSR count). The number of nitrogens with one attached hydrogen (secondary N) is 1. The highest BCUT2D eigenvalue weighted by molar-refractivity contribution is 6.30. The van der Waals surface area contributed by atoms with Crippen LogP contribution >= 0.6 is 11.6 Å². The maximum atomic E-state index is 11.1. The van der Waals surface area contributed by atoms with Crippen LogP contribution in [0.3, 0.4) is 0 Å². The van der Waals surface area contributed by atoms with Gasteiger partial charge in [0.15, 0.2) is 0 Å². The zero-order chi connectivity index (χ0) is 17.0. The van der Waals surface area contributed by atoms with Gasteiger partial charge in [0, 0.05) is 17.8 Å². The molecule has 1 heterocycles. The number of hydrogen-bond donors (Lipinski definition) is 2. The minimum Gasteiger partial charge on any atom is -0.384 e. The van der Waals surface area contributed by atoms with E-state index in [1.54, 1.807) is 37.3 Å². The Morgan fingerprint density at radius 3 is 2.87 bits per heavy atom. The molecule has 0 saturated heterocycles. The van der Waals surface area contributed by atoms with E-state index in [1.165, 1.54) is 12.3 Å². The first kappa shape index (κ1) is 16.7. The minimum absolute atomic E-state index is 0.0456. The number of pyridine rings is 1. The van der Waals surface area contributed by atoms with Gasteiger partial charge in [-0.05, 0) is 30.7 Å². The van der Waals surface area contributed by atoms with Gasteiger partial charge in [-0.15, -0.1) is 0 Å². The molecule has 0 bridgehead atoms. The van der Waals surface area contributed by atoms with E-state index in [4.69, 9.17) is 16.9 Å². The van der Waals surface area contributed by atoms with Crippen molar-refractivity contribution in [2.24, 2.45) is 0 Å². The fourth-order valence-corrected chi connectivity index (χ4v) is 2.23. The Bertz CT molecular complexity index is 787. The van der Waals surface area contributed by atoms with E-state index in [9.17, 15) is 15.2 Å². The molecule has 0 amide bonds. The first-order valence-corrected chi connectivity index (χ1v) is 6.99. The highest BCUT2D eigenvalue weighted by atomic mass is 35.5. The molecule has 0 aliphatic rings. The van der Waals surface area contributed by atoms with E-state index < -0.39 is 16.2 Å². The molecule has 1 unspecified atom stereocenters. The van der Waals surface area contributed by atoms with Gasteiger partial charge >= 0.3 is 5.69 Å². The fraction of sp³-hybridized carbons (Fsp3) is 0.200. The third-order valence-electron chi connectivity index (χ3n) is 3.27. The number of halogens is 1. The summed E-state index contributed by atoms with van der Waals surface area (Å²) in [5.41, 5.74) is -1.30. The van der Waals surface area contributed by atoms with Crippen molar-refractivity contribution in [3.05, 3.63) is 62.8 Å². The molecule has 0 radical (unpaired) electrons. The third-order valence-corrected chi connectivity index (χ3v) is 3.51. The number of rotatable bonds is 5. The van der Waals surface area contributed by atoms with Gasteiger partial charge < -0.3 is 10.4 Å². The van der Waals surface area contributed by atoms with Crippen LogP contribution in [0.1, 0.15) is 18.1 Å². The second-order valence-electron chi connectivity index (χ2n) is 5.06. The molecule has 0 fully saturated rings. The normalized spacial score (nSPS) is 13.0. The topological polar surface area (TPSA) is 112 Å². The van der Waals surface area contributed by atoms with Crippen LogP contribution in [0.2, 0.25) is 5.02 Å². The predicted octanol–water partition coefficient (Wildman–Crippen LogP) is 2.83. The summed E-state index contributed by atoms with van der Waals surface area (Å²) in [5.74, 6) is -0.0728. The molecule has 7 nitrogen and oxygen atoms in total.